The van der Waals surface area contributed by atoms with E-state index in [0.717, 1.165) is 35.9 Å². The predicted octanol–water partition coefficient (Wildman–Crippen LogP) is 2.89. The Morgan fingerprint density at radius 2 is 2.29 bits per heavy atom. The van der Waals surface area contributed by atoms with E-state index in [1.165, 1.54) is 12.1 Å². The first-order valence-electron chi connectivity index (χ1n) is 5.87. The summed E-state index contributed by atoms with van der Waals surface area (Å²) in [6.45, 7) is 2.14. The van der Waals surface area contributed by atoms with E-state index in [1.54, 1.807) is 0 Å². The maximum atomic E-state index is 13.0. The molecule has 1 fully saturated rings. The summed E-state index contributed by atoms with van der Waals surface area (Å²) >= 11 is 3.41. The van der Waals surface area contributed by atoms with Crippen molar-refractivity contribution in [1.29, 1.82) is 0 Å². The van der Waals surface area contributed by atoms with Gasteiger partial charge in [0, 0.05) is 23.0 Å². The molecule has 0 amide bonds. The smallest absolute Gasteiger partial charge is 0.124 e. The first-order chi connectivity index (χ1) is 8.15. The second-order valence-corrected chi connectivity index (χ2v) is 5.63. The van der Waals surface area contributed by atoms with Crippen LogP contribution in [0.3, 0.4) is 0 Å². The summed E-state index contributed by atoms with van der Waals surface area (Å²) in [6.07, 6.45) is 2.97. The van der Waals surface area contributed by atoms with E-state index in [1.807, 2.05) is 6.07 Å². The van der Waals surface area contributed by atoms with Crippen LogP contribution in [0.25, 0.3) is 0 Å². The van der Waals surface area contributed by atoms with Gasteiger partial charge in [-0.1, -0.05) is 22.0 Å². The van der Waals surface area contributed by atoms with Crippen LogP contribution in [-0.2, 0) is 11.2 Å². The van der Waals surface area contributed by atoms with Crippen LogP contribution in [0.5, 0.6) is 0 Å². The Bertz CT molecular complexity index is 391. The number of halogens is 2. The van der Waals surface area contributed by atoms with Crippen molar-refractivity contribution in [3.63, 3.8) is 0 Å². The van der Waals surface area contributed by atoms with Crippen molar-refractivity contribution in [3.8, 4) is 0 Å². The first kappa shape index (κ1) is 13.0. The van der Waals surface area contributed by atoms with Gasteiger partial charge >= 0.3 is 0 Å². The standard InChI is InChI=1S/C13H17BrFNO/c14-12-6-11(15)3-2-10(12)7-13(8-16)4-1-5-17-9-13/h2-3,6H,1,4-5,7-9,16H2. The molecule has 1 atom stereocenters. The van der Waals surface area contributed by atoms with E-state index in [-0.39, 0.29) is 11.2 Å². The predicted molar refractivity (Wildman–Crippen MR) is 69.3 cm³/mol. The van der Waals surface area contributed by atoms with Crippen molar-refractivity contribution in [2.45, 2.75) is 19.3 Å². The molecule has 1 aliphatic heterocycles. The third-order valence-electron chi connectivity index (χ3n) is 3.42. The van der Waals surface area contributed by atoms with Crippen molar-refractivity contribution in [3.05, 3.63) is 34.1 Å². The molecule has 0 bridgehead atoms. The maximum absolute atomic E-state index is 13.0. The van der Waals surface area contributed by atoms with Gasteiger partial charge in [-0.25, -0.2) is 4.39 Å². The van der Waals surface area contributed by atoms with E-state index < -0.39 is 0 Å². The van der Waals surface area contributed by atoms with Gasteiger partial charge in [0.25, 0.3) is 0 Å². The van der Waals surface area contributed by atoms with Crippen LogP contribution >= 0.6 is 15.9 Å². The van der Waals surface area contributed by atoms with Crippen LogP contribution in [0.15, 0.2) is 22.7 Å². The van der Waals surface area contributed by atoms with Crippen molar-refractivity contribution < 1.29 is 9.13 Å². The van der Waals surface area contributed by atoms with Crippen LogP contribution in [0.4, 0.5) is 4.39 Å². The summed E-state index contributed by atoms with van der Waals surface area (Å²) in [7, 11) is 0. The number of rotatable bonds is 3. The molecule has 1 aliphatic rings. The molecule has 1 aromatic rings. The second-order valence-electron chi connectivity index (χ2n) is 4.77. The molecule has 0 radical (unpaired) electrons. The zero-order valence-corrected chi connectivity index (χ0v) is 11.3. The quantitative estimate of drug-likeness (QED) is 0.932. The molecule has 2 nitrogen and oxygen atoms in total. The second kappa shape index (κ2) is 5.46. The largest absolute Gasteiger partial charge is 0.381 e. The Hall–Kier alpha value is -0.450. The Morgan fingerprint density at radius 3 is 2.88 bits per heavy atom. The summed E-state index contributed by atoms with van der Waals surface area (Å²) in [5.41, 5.74) is 7.01. The molecule has 4 heteroatoms. The molecule has 94 valence electrons. The summed E-state index contributed by atoms with van der Waals surface area (Å²) in [5.74, 6) is -0.220. The normalized spacial score (nSPS) is 24.9. The van der Waals surface area contributed by atoms with E-state index in [9.17, 15) is 4.39 Å². The summed E-state index contributed by atoms with van der Waals surface area (Å²) in [6, 6.07) is 4.82. The molecular formula is C13H17BrFNO. The third-order valence-corrected chi connectivity index (χ3v) is 4.16. The van der Waals surface area contributed by atoms with Gasteiger partial charge in [0.1, 0.15) is 5.82 Å². The van der Waals surface area contributed by atoms with Gasteiger partial charge in [-0.2, -0.15) is 0 Å². The fourth-order valence-electron chi connectivity index (χ4n) is 2.35. The highest BCUT2D eigenvalue weighted by Gasteiger charge is 2.32. The number of hydrogen-bond acceptors (Lipinski definition) is 2. The lowest BCUT2D eigenvalue weighted by molar-refractivity contribution is -0.00272. The Kier molecular flexibility index (Phi) is 4.17. The zero-order valence-electron chi connectivity index (χ0n) is 9.72. The molecule has 0 aromatic heterocycles. The highest BCUT2D eigenvalue weighted by molar-refractivity contribution is 9.10. The molecule has 0 spiro atoms. The van der Waals surface area contributed by atoms with Crippen LogP contribution in [0.1, 0.15) is 18.4 Å². The van der Waals surface area contributed by atoms with Crippen LogP contribution < -0.4 is 5.73 Å². The van der Waals surface area contributed by atoms with Crippen LogP contribution in [-0.4, -0.2) is 19.8 Å². The topological polar surface area (TPSA) is 35.2 Å². The molecular weight excluding hydrogens is 285 g/mol. The third kappa shape index (κ3) is 3.06. The van der Waals surface area contributed by atoms with Gasteiger partial charge in [0.05, 0.1) is 6.61 Å². The average molecular weight is 302 g/mol. The molecule has 0 aliphatic carbocycles. The minimum atomic E-state index is -0.220. The SMILES string of the molecule is NCC1(Cc2ccc(F)cc2Br)CCCOC1. The monoisotopic (exact) mass is 301 g/mol. The van der Waals surface area contributed by atoms with Crippen LogP contribution in [0, 0.1) is 11.2 Å². The number of ether oxygens (including phenoxy) is 1. The lowest BCUT2D eigenvalue weighted by Gasteiger charge is -2.36. The van der Waals surface area contributed by atoms with E-state index in [4.69, 9.17) is 10.5 Å². The van der Waals surface area contributed by atoms with Crippen molar-refractivity contribution in [2.24, 2.45) is 11.1 Å². The van der Waals surface area contributed by atoms with E-state index in [2.05, 4.69) is 15.9 Å². The summed E-state index contributed by atoms with van der Waals surface area (Å²) in [4.78, 5) is 0. The van der Waals surface area contributed by atoms with Gasteiger partial charge in [-0.3, -0.25) is 0 Å². The van der Waals surface area contributed by atoms with E-state index >= 15 is 0 Å². The maximum Gasteiger partial charge on any atom is 0.124 e. The van der Waals surface area contributed by atoms with Crippen molar-refractivity contribution in [2.75, 3.05) is 19.8 Å². The Balaban J connectivity index is 2.17. The van der Waals surface area contributed by atoms with Gasteiger partial charge in [0.2, 0.25) is 0 Å². The van der Waals surface area contributed by atoms with Gasteiger partial charge < -0.3 is 10.5 Å². The fraction of sp³-hybridized carbons (Fsp3) is 0.538. The molecule has 0 saturated carbocycles. The van der Waals surface area contributed by atoms with E-state index in [0.29, 0.717) is 13.2 Å². The van der Waals surface area contributed by atoms with Crippen LogP contribution in [0.2, 0.25) is 0 Å². The summed E-state index contributed by atoms with van der Waals surface area (Å²) < 4.78 is 19.4. The Morgan fingerprint density at radius 1 is 1.47 bits per heavy atom. The molecule has 1 saturated heterocycles. The lowest BCUT2D eigenvalue weighted by atomic mass is 9.77. The highest BCUT2D eigenvalue weighted by Crippen LogP contribution is 2.33. The molecule has 1 heterocycles. The summed E-state index contributed by atoms with van der Waals surface area (Å²) in [5, 5.41) is 0. The van der Waals surface area contributed by atoms with Crippen molar-refractivity contribution in [1.82, 2.24) is 0 Å². The van der Waals surface area contributed by atoms with Gasteiger partial charge in [-0.15, -0.1) is 0 Å². The van der Waals surface area contributed by atoms with Gasteiger partial charge in [-0.05, 0) is 37.0 Å². The zero-order chi connectivity index (χ0) is 12.3. The first-order valence-corrected chi connectivity index (χ1v) is 6.66. The van der Waals surface area contributed by atoms with Gasteiger partial charge in [0.15, 0.2) is 0 Å². The minimum absolute atomic E-state index is 0.0125. The molecule has 2 N–H and O–H groups in total. The number of benzene rings is 1. The highest BCUT2D eigenvalue weighted by atomic mass is 79.9. The minimum Gasteiger partial charge on any atom is -0.381 e. The Labute approximate surface area is 109 Å². The van der Waals surface area contributed by atoms with Crippen molar-refractivity contribution >= 4 is 15.9 Å². The molecule has 2 rings (SSSR count). The lowest BCUT2D eigenvalue weighted by Crippen LogP contribution is -2.40. The molecule has 1 aromatic carbocycles. The number of hydrogen-bond donors (Lipinski definition) is 1. The molecule has 1 unspecified atom stereocenters. The molecule has 17 heavy (non-hydrogen) atoms. The number of nitrogens with two attached hydrogens (primary N) is 1. The fourth-order valence-corrected chi connectivity index (χ4v) is 2.84. The average Bonchev–Trinajstić information content (AvgIpc) is 2.34.